The molecule has 6 heterocycles. The van der Waals surface area contributed by atoms with Crippen molar-refractivity contribution in [1.82, 2.24) is 19.5 Å². The van der Waals surface area contributed by atoms with E-state index in [0.717, 1.165) is 110 Å². The van der Waals surface area contributed by atoms with Gasteiger partial charge in [0.15, 0.2) is 17.5 Å². The molecule has 0 fully saturated rings. The van der Waals surface area contributed by atoms with E-state index in [2.05, 4.69) is 223 Å². The van der Waals surface area contributed by atoms with Crippen LogP contribution in [0.15, 0.2) is 239 Å². The number of rotatable bonds is 6. The van der Waals surface area contributed by atoms with Gasteiger partial charge < -0.3 is 13.4 Å². The van der Waals surface area contributed by atoms with E-state index in [1.165, 1.54) is 40.3 Å². The van der Waals surface area contributed by atoms with Crippen molar-refractivity contribution >= 4 is 129 Å². The van der Waals surface area contributed by atoms with Crippen molar-refractivity contribution in [1.29, 1.82) is 0 Å². The molecule has 0 bridgehead atoms. The van der Waals surface area contributed by atoms with Gasteiger partial charge in [-0.15, -0.1) is 22.7 Å². The van der Waals surface area contributed by atoms with Crippen LogP contribution >= 0.6 is 22.7 Å². The molecule has 6 nitrogen and oxygen atoms in total. The van der Waals surface area contributed by atoms with Crippen LogP contribution in [0, 0.1) is 0 Å². The molecular weight excluding hydrogens is 981 g/mol. The van der Waals surface area contributed by atoms with Crippen LogP contribution in [0.2, 0.25) is 0 Å². The highest BCUT2D eigenvalue weighted by Gasteiger charge is 2.26. The Bertz CT molecular complexity index is 5100. The highest BCUT2D eigenvalue weighted by molar-refractivity contribution is 7.26. The second-order valence-corrected chi connectivity index (χ2v) is 21.9. The molecule has 17 rings (SSSR count). The van der Waals surface area contributed by atoms with Gasteiger partial charge in [0.05, 0.1) is 27.5 Å². The van der Waals surface area contributed by atoms with Crippen molar-refractivity contribution in [2.45, 2.75) is 0 Å². The molecule has 0 saturated carbocycles. The highest BCUT2D eigenvalue weighted by atomic mass is 32.1. The van der Waals surface area contributed by atoms with E-state index in [-0.39, 0.29) is 0 Å². The molecule has 0 aliphatic heterocycles. The first kappa shape index (κ1) is 42.6. The lowest BCUT2D eigenvalue weighted by Crippen LogP contribution is -2.04. The Morgan fingerprint density at radius 1 is 0.299 bits per heavy atom. The van der Waals surface area contributed by atoms with Crippen LogP contribution in [0.5, 0.6) is 0 Å². The molecule has 11 aromatic carbocycles. The summed E-state index contributed by atoms with van der Waals surface area (Å²) in [6, 6.07) is 82.1. The van der Waals surface area contributed by atoms with Crippen LogP contribution in [0.3, 0.4) is 0 Å². The fraction of sp³-hybridized carbons (Fsp3) is 0. The molecule has 0 radical (unpaired) electrons. The predicted octanol–water partition coefficient (Wildman–Crippen LogP) is 19.8. The zero-order valence-electron chi connectivity index (χ0n) is 40.9. The summed E-state index contributed by atoms with van der Waals surface area (Å²) in [7, 11) is 0. The van der Waals surface area contributed by atoms with E-state index in [0.29, 0.717) is 17.5 Å². The summed E-state index contributed by atoms with van der Waals surface area (Å²) in [5, 5.41) is 11.3. The van der Waals surface area contributed by atoms with E-state index in [9.17, 15) is 0 Å². The molecule has 0 atom stereocenters. The monoisotopic (exact) mass is 1020 g/mol. The van der Waals surface area contributed by atoms with Gasteiger partial charge in [0.1, 0.15) is 22.3 Å². The quantitative estimate of drug-likeness (QED) is 0.166. The minimum Gasteiger partial charge on any atom is -0.455 e. The maximum Gasteiger partial charge on any atom is 0.164 e. The largest absolute Gasteiger partial charge is 0.455 e. The lowest BCUT2D eigenvalue weighted by atomic mass is 9.92. The number of hydrogen-bond acceptors (Lipinski definition) is 7. The fourth-order valence-corrected chi connectivity index (χ4v) is 14.3. The minimum absolute atomic E-state index is 0.585. The molecule has 0 amide bonds. The van der Waals surface area contributed by atoms with Gasteiger partial charge in [-0.05, 0) is 83.9 Å². The maximum atomic E-state index is 7.01. The van der Waals surface area contributed by atoms with Crippen LogP contribution in [0.4, 0.5) is 0 Å². The van der Waals surface area contributed by atoms with Gasteiger partial charge in [0.2, 0.25) is 0 Å². The second-order valence-electron chi connectivity index (χ2n) is 19.8. The topological polar surface area (TPSA) is 69.9 Å². The molecule has 17 aromatic rings. The summed E-state index contributed by atoms with van der Waals surface area (Å²) < 4.78 is 21.0. The van der Waals surface area contributed by atoms with E-state index in [1.807, 2.05) is 12.1 Å². The van der Waals surface area contributed by atoms with Crippen LogP contribution in [-0.4, -0.2) is 19.5 Å². The Kier molecular flexibility index (Phi) is 9.07. The van der Waals surface area contributed by atoms with Crippen LogP contribution in [0.25, 0.3) is 168 Å². The van der Waals surface area contributed by atoms with E-state index >= 15 is 0 Å². The highest BCUT2D eigenvalue weighted by Crippen LogP contribution is 2.48. The van der Waals surface area contributed by atoms with Crippen molar-refractivity contribution in [2.75, 3.05) is 0 Å². The molecule has 0 spiro atoms. The Balaban J connectivity index is 0.940. The van der Waals surface area contributed by atoms with Gasteiger partial charge in [-0.25, -0.2) is 15.0 Å². The molecule has 0 aliphatic carbocycles. The third-order valence-corrected chi connectivity index (χ3v) is 17.7. The minimum atomic E-state index is 0.585. The summed E-state index contributed by atoms with van der Waals surface area (Å²) in [6.07, 6.45) is 0. The van der Waals surface area contributed by atoms with Crippen molar-refractivity contribution in [3.63, 3.8) is 0 Å². The molecular formula is C69H38N4O2S2. The average molecular weight is 1020 g/mol. The Morgan fingerprint density at radius 2 is 0.779 bits per heavy atom. The molecule has 358 valence electrons. The summed E-state index contributed by atoms with van der Waals surface area (Å²) in [5.41, 5.74) is 13.4. The van der Waals surface area contributed by atoms with Gasteiger partial charge in [0.25, 0.3) is 0 Å². The summed E-state index contributed by atoms with van der Waals surface area (Å²) >= 11 is 3.59. The summed E-state index contributed by atoms with van der Waals surface area (Å²) in [5.74, 6) is 1.82. The zero-order chi connectivity index (χ0) is 50.3. The van der Waals surface area contributed by atoms with Gasteiger partial charge in [0, 0.05) is 89.7 Å². The number of hydrogen-bond donors (Lipinski definition) is 0. The summed E-state index contributed by atoms with van der Waals surface area (Å²) in [4.78, 5) is 16.3. The first-order valence-electron chi connectivity index (χ1n) is 25.7. The molecule has 8 heteroatoms. The third-order valence-electron chi connectivity index (χ3n) is 15.5. The smallest absolute Gasteiger partial charge is 0.164 e. The fourth-order valence-electron chi connectivity index (χ4n) is 12.0. The van der Waals surface area contributed by atoms with Crippen LogP contribution in [0.1, 0.15) is 0 Å². The predicted molar refractivity (Wildman–Crippen MR) is 322 cm³/mol. The Hall–Kier alpha value is -9.73. The molecule has 6 aromatic heterocycles. The van der Waals surface area contributed by atoms with Gasteiger partial charge in [-0.1, -0.05) is 158 Å². The molecule has 0 unspecified atom stereocenters. The van der Waals surface area contributed by atoms with Crippen LogP contribution in [-0.2, 0) is 0 Å². The van der Waals surface area contributed by atoms with Crippen molar-refractivity contribution in [3.8, 4) is 62.1 Å². The maximum absolute atomic E-state index is 7.01. The molecule has 0 N–H and O–H groups in total. The summed E-state index contributed by atoms with van der Waals surface area (Å²) in [6.45, 7) is 0. The number of nitrogens with zero attached hydrogens (tertiary/aromatic N) is 4. The van der Waals surface area contributed by atoms with E-state index < -0.39 is 0 Å². The average Bonchev–Trinajstić information content (AvgIpc) is 4.52. The normalized spacial score (nSPS) is 12.2. The zero-order valence-corrected chi connectivity index (χ0v) is 42.5. The van der Waals surface area contributed by atoms with Crippen molar-refractivity contribution in [2.24, 2.45) is 0 Å². The number of benzene rings is 11. The first-order valence-corrected chi connectivity index (χ1v) is 27.4. The van der Waals surface area contributed by atoms with Crippen LogP contribution < -0.4 is 0 Å². The number of thiophene rings is 2. The van der Waals surface area contributed by atoms with Crippen molar-refractivity contribution in [3.05, 3.63) is 231 Å². The molecule has 0 saturated heterocycles. The second kappa shape index (κ2) is 16.4. The SMILES string of the molecule is c1ccc(-c2cc(-c3nc(-c4ccc5c(c4)sc4ccccc45)nc(-c4ccc5c(c4)sc4ccccc45)n3)cc(-c3ccccc3)c2-n2c3ccccc3c3c4oc5ccc6c7ccccc7oc6c5c4ccc32)cc1. The molecule has 0 aliphatic rings. The lowest BCUT2D eigenvalue weighted by Gasteiger charge is -2.21. The Labute approximate surface area is 447 Å². The first-order chi connectivity index (χ1) is 38.1. The number of furan rings is 2. The Morgan fingerprint density at radius 3 is 1.42 bits per heavy atom. The lowest BCUT2D eigenvalue weighted by molar-refractivity contribution is 0.665. The van der Waals surface area contributed by atoms with Gasteiger partial charge >= 0.3 is 0 Å². The molecule has 77 heavy (non-hydrogen) atoms. The van der Waals surface area contributed by atoms with E-state index in [1.54, 1.807) is 22.7 Å². The third kappa shape index (κ3) is 6.43. The van der Waals surface area contributed by atoms with Gasteiger partial charge in [-0.3, -0.25) is 0 Å². The van der Waals surface area contributed by atoms with Crippen molar-refractivity contribution < 1.29 is 8.83 Å². The standard InChI is InChI=1S/C69H38N4O2S2/c1-3-15-39(16-4-1)52-35-43(69-71-67(41-27-29-47-45-20-9-13-25-58(45)76-60(47)37-41)70-68(72-69)42-28-30-48-46-21-10-14-26-59(46)77-61(48)38-42)36-53(40-17-5-2-6-18-40)64(52)73-54-23-11-7-22-50(54)62-55(73)33-31-51-63-57(75-66(51)62)34-32-49-44-19-8-12-24-56(44)74-65(49)63/h1-38H. The number of aromatic nitrogens is 4. The number of fused-ring (bicyclic) bond motifs is 17. The number of para-hydroxylation sites is 2. The van der Waals surface area contributed by atoms with Gasteiger partial charge in [-0.2, -0.15) is 0 Å². The van der Waals surface area contributed by atoms with E-state index in [4.69, 9.17) is 23.8 Å².